The Morgan fingerprint density at radius 1 is 0.964 bits per heavy atom. The summed E-state index contributed by atoms with van der Waals surface area (Å²) in [4.78, 5) is 31.6. The van der Waals surface area contributed by atoms with Crippen molar-refractivity contribution in [2.75, 3.05) is 31.1 Å². The molecule has 0 radical (unpaired) electrons. The van der Waals surface area contributed by atoms with Gasteiger partial charge in [-0.25, -0.2) is 9.36 Å². The summed E-state index contributed by atoms with van der Waals surface area (Å²) < 4.78 is 1.07. The molecule has 2 heterocycles. The van der Waals surface area contributed by atoms with Gasteiger partial charge >= 0.3 is 5.69 Å². The van der Waals surface area contributed by atoms with Gasteiger partial charge in [-0.05, 0) is 12.1 Å². The lowest BCUT2D eigenvalue weighted by Gasteiger charge is -2.33. The van der Waals surface area contributed by atoms with Crippen molar-refractivity contribution in [3.05, 3.63) is 92.1 Å². The lowest BCUT2D eigenvalue weighted by molar-refractivity contribution is -0.914. The molecule has 0 aliphatic carbocycles. The zero-order valence-electron chi connectivity index (χ0n) is 15.4. The van der Waals surface area contributed by atoms with Gasteiger partial charge in [0, 0.05) is 11.6 Å². The topological polar surface area (TPSA) is 62.5 Å². The third-order valence-corrected chi connectivity index (χ3v) is 5.44. The van der Waals surface area contributed by atoms with Crippen molar-refractivity contribution in [2.24, 2.45) is 0 Å². The average Bonchev–Trinajstić information content (AvgIpc) is 2.70. The summed E-state index contributed by atoms with van der Waals surface area (Å²) in [6.07, 6.45) is 0. The predicted molar refractivity (Wildman–Crippen MR) is 111 cm³/mol. The molecule has 0 saturated carbocycles. The Kier molecular flexibility index (Phi) is 5.32. The van der Waals surface area contributed by atoms with Crippen molar-refractivity contribution in [1.29, 1.82) is 0 Å². The number of aromatic nitrogens is 2. The van der Waals surface area contributed by atoms with Crippen molar-refractivity contribution >= 4 is 17.4 Å². The van der Waals surface area contributed by atoms with Crippen LogP contribution in [0.1, 0.15) is 5.56 Å². The van der Waals surface area contributed by atoms with Crippen LogP contribution in [-0.2, 0) is 6.54 Å². The minimum Gasteiger partial charge on any atom is -0.347 e. The first-order valence-corrected chi connectivity index (χ1v) is 9.73. The Labute approximate surface area is 167 Å². The van der Waals surface area contributed by atoms with E-state index >= 15 is 0 Å². The number of nitrogens with zero attached hydrogens (tertiary/aromatic N) is 2. The van der Waals surface area contributed by atoms with E-state index in [2.05, 4.69) is 34.1 Å². The molecule has 0 bridgehead atoms. The predicted octanol–water partition coefficient (Wildman–Crippen LogP) is 1.08. The Balaban J connectivity index is 1.50. The first-order valence-electron chi connectivity index (χ1n) is 9.35. The zero-order chi connectivity index (χ0) is 19.5. The molecular weight excluding hydrogens is 376 g/mol. The maximum Gasteiger partial charge on any atom is 0.334 e. The monoisotopic (exact) mass is 397 g/mol. The zero-order valence-corrected chi connectivity index (χ0v) is 16.2. The van der Waals surface area contributed by atoms with Crippen LogP contribution in [-0.4, -0.2) is 35.7 Å². The van der Waals surface area contributed by atoms with Gasteiger partial charge in [0.25, 0.3) is 5.56 Å². The fourth-order valence-corrected chi connectivity index (χ4v) is 3.86. The van der Waals surface area contributed by atoms with Crippen LogP contribution in [0.3, 0.4) is 0 Å². The van der Waals surface area contributed by atoms with Gasteiger partial charge in [0.2, 0.25) is 0 Å². The van der Waals surface area contributed by atoms with Gasteiger partial charge in [0.05, 0.1) is 36.9 Å². The van der Waals surface area contributed by atoms with Crippen LogP contribution in [0.4, 0.5) is 5.82 Å². The number of nitrogens with one attached hydrogen (secondary N) is 2. The molecule has 4 rings (SSSR count). The van der Waals surface area contributed by atoms with Crippen LogP contribution < -0.4 is 21.0 Å². The van der Waals surface area contributed by atoms with Gasteiger partial charge in [0.15, 0.2) is 0 Å². The number of aromatic amines is 1. The number of piperazine rings is 1. The molecule has 0 atom stereocenters. The van der Waals surface area contributed by atoms with Crippen LogP contribution in [0.25, 0.3) is 5.69 Å². The molecule has 0 amide bonds. The standard InChI is InChI=1S/C21H21ClN4O2/c22-17-8-4-5-9-18(17)26-20(27)14-19(23-21(26)28)25-12-10-24(11-13-25)15-16-6-2-1-3-7-16/h1-9,14H,10-13,15H2,(H,23,28)/p+1. The number of benzene rings is 2. The second-order valence-corrected chi connectivity index (χ2v) is 7.39. The first kappa shape index (κ1) is 18.5. The normalized spacial score (nSPS) is 15.0. The molecule has 3 aromatic rings. The van der Waals surface area contributed by atoms with E-state index < -0.39 is 5.69 Å². The van der Waals surface area contributed by atoms with Crippen LogP contribution >= 0.6 is 11.6 Å². The van der Waals surface area contributed by atoms with Crippen LogP contribution in [0.15, 0.2) is 70.3 Å². The lowest BCUT2D eigenvalue weighted by Crippen LogP contribution is -3.13. The summed E-state index contributed by atoms with van der Waals surface area (Å²) >= 11 is 6.15. The number of quaternary nitrogens is 1. The number of hydrogen-bond acceptors (Lipinski definition) is 3. The highest BCUT2D eigenvalue weighted by Crippen LogP contribution is 2.17. The van der Waals surface area contributed by atoms with Gasteiger partial charge in [0.1, 0.15) is 12.4 Å². The summed E-state index contributed by atoms with van der Waals surface area (Å²) in [5.74, 6) is 0.567. The Bertz CT molecular complexity index is 1040. The van der Waals surface area contributed by atoms with Gasteiger partial charge in [-0.1, -0.05) is 54.1 Å². The van der Waals surface area contributed by atoms with Gasteiger partial charge in [-0.3, -0.25) is 9.78 Å². The molecule has 1 aliphatic rings. The molecular formula is C21H22ClN4O2+. The number of halogens is 1. The van der Waals surface area contributed by atoms with E-state index in [9.17, 15) is 9.59 Å². The maximum atomic E-state index is 12.6. The van der Waals surface area contributed by atoms with Gasteiger partial charge in [-0.2, -0.15) is 0 Å². The van der Waals surface area contributed by atoms with E-state index in [0.717, 1.165) is 37.3 Å². The van der Waals surface area contributed by atoms with E-state index in [1.807, 2.05) is 6.07 Å². The smallest absolute Gasteiger partial charge is 0.334 e. The first-order chi connectivity index (χ1) is 13.6. The van der Waals surface area contributed by atoms with E-state index in [1.165, 1.54) is 16.5 Å². The summed E-state index contributed by atoms with van der Waals surface area (Å²) in [5.41, 5.74) is 0.848. The Morgan fingerprint density at radius 3 is 2.32 bits per heavy atom. The second-order valence-electron chi connectivity index (χ2n) is 6.98. The van der Waals surface area contributed by atoms with Crippen molar-refractivity contribution < 1.29 is 4.90 Å². The summed E-state index contributed by atoms with van der Waals surface area (Å²) in [6.45, 7) is 4.45. The van der Waals surface area contributed by atoms with Crippen LogP contribution in [0.5, 0.6) is 0 Å². The van der Waals surface area contributed by atoms with E-state index in [4.69, 9.17) is 11.6 Å². The molecule has 1 fully saturated rings. The van der Waals surface area contributed by atoms with E-state index in [1.54, 1.807) is 24.3 Å². The quantitative estimate of drug-likeness (QED) is 0.692. The molecule has 28 heavy (non-hydrogen) atoms. The SMILES string of the molecule is O=c1cc(N2CC[NH+](Cc3ccccc3)CC2)[nH]c(=O)n1-c1ccccc1Cl. The van der Waals surface area contributed by atoms with Gasteiger partial charge < -0.3 is 9.80 Å². The van der Waals surface area contributed by atoms with Crippen molar-refractivity contribution in [1.82, 2.24) is 9.55 Å². The molecule has 0 unspecified atom stereocenters. The second kappa shape index (κ2) is 8.04. The van der Waals surface area contributed by atoms with Gasteiger partial charge in [-0.15, -0.1) is 0 Å². The van der Waals surface area contributed by atoms with Crippen LogP contribution in [0.2, 0.25) is 5.02 Å². The fraction of sp³-hybridized carbons (Fsp3) is 0.238. The third kappa shape index (κ3) is 3.88. The van der Waals surface area contributed by atoms with E-state index in [-0.39, 0.29) is 5.56 Å². The molecule has 2 N–H and O–H groups in total. The summed E-state index contributed by atoms with van der Waals surface area (Å²) in [7, 11) is 0. The number of H-pyrrole nitrogens is 1. The van der Waals surface area contributed by atoms with Crippen molar-refractivity contribution in [3.63, 3.8) is 0 Å². The summed E-state index contributed by atoms with van der Waals surface area (Å²) in [6, 6.07) is 18.7. The van der Waals surface area contributed by atoms with E-state index in [0.29, 0.717) is 16.5 Å². The Morgan fingerprint density at radius 2 is 1.64 bits per heavy atom. The molecule has 6 nitrogen and oxygen atoms in total. The molecule has 144 valence electrons. The molecule has 2 aromatic carbocycles. The molecule has 0 spiro atoms. The third-order valence-electron chi connectivity index (χ3n) is 5.12. The summed E-state index contributed by atoms with van der Waals surface area (Å²) in [5, 5.41) is 0.362. The number of rotatable bonds is 4. The van der Waals surface area contributed by atoms with Crippen LogP contribution in [0, 0.1) is 0 Å². The molecule has 1 aliphatic heterocycles. The molecule has 1 aromatic heterocycles. The Hall–Kier alpha value is -2.83. The molecule has 1 saturated heterocycles. The number of anilines is 1. The highest BCUT2D eigenvalue weighted by Gasteiger charge is 2.22. The minimum absolute atomic E-state index is 0.362. The molecule has 7 heteroatoms. The fourth-order valence-electron chi connectivity index (χ4n) is 3.64. The lowest BCUT2D eigenvalue weighted by atomic mass is 10.2. The highest BCUT2D eigenvalue weighted by atomic mass is 35.5. The van der Waals surface area contributed by atoms with Crippen molar-refractivity contribution in [3.8, 4) is 5.69 Å². The average molecular weight is 398 g/mol. The van der Waals surface area contributed by atoms with Crippen molar-refractivity contribution in [2.45, 2.75) is 6.54 Å². The minimum atomic E-state index is -0.477. The number of para-hydroxylation sites is 1. The maximum absolute atomic E-state index is 12.6. The number of hydrogen-bond donors (Lipinski definition) is 2. The highest BCUT2D eigenvalue weighted by molar-refractivity contribution is 6.32. The largest absolute Gasteiger partial charge is 0.347 e.